The normalized spacial score (nSPS) is 16.5. The van der Waals surface area contributed by atoms with Gasteiger partial charge in [0.05, 0.1) is 0 Å². The lowest BCUT2D eigenvalue weighted by atomic mass is 10.1. The van der Waals surface area contributed by atoms with Gasteiger partial charge in [-0.15, -0.1) is 0 Å². The average Bonchev–Trinajstić information content (AvgIpc) is 3.08. The smallest absolute Gasteiger partial charge is 0.239 e. The van der Waals surface area contributed by atoms with Crippen LogP contribution in [0.3, 0.4) is 0 Å². The molecule has 1 N–H and O–H groups in total. The Morgan fingerprint density at radius 1 is 1.07 bits per heavy atom. The Bertz CT molecular complexity index is 797. The van der Waals surface area contributed by atoms with Gasteiger partial charge in [0, 0.05) is 38.6 Å². The number of carbonyl (C=O) groups excluding carboxylic acids is 2. The molecule has 142 valence electrons. The van der Waals surface area contributed by atoms with E-state index in [-0.39, 0.29) is 11.8 Å². The minimum Gasteiger partial charge on any atom is -0.378 e. The Morgan fingerprint density at radius 2 is 1.70 bits per heavy atom. The van der Waals surface area contributed by atoms with Gasteiger partial charge in [0.1, 0.15) is 5.92 Å². The van der Waals surface area contributed by atoms with Crippen molar-refractivity contribution < 1.29 is 9.59 Å². The molecule has 0 aliphatic carbocycles. The zero-order valence-corrected chi connectivity index (χ0v) is 16.2. The Labute approximate surface area is 161 Å². The molecule has 0 aromatic heterocycles. The lowest BCUT2D eigenvalue weighted by Crippen LogP contribution is -2.36. The first-order valence-electron chi connectivity index (χ1n) is 9.44. The lowest BCUT2D eigenvalue weighted by Gasteiger charge is -2.17. The summed E-state index contributed by atoms with van der Waals surface area (Å²) in [6.45, 7) is 3.12. The number of anilines is 2. The van der Waals surface area contributed by atoms with Crippen molar-refractivity contribution in [1.29, 1.82) is 0 Å². The standard InChI is InChI=1S/C22H27N3O2/c1-4-16-5-11-19(12-6-16)25-14-13-20(22(25)27)21(26)23-15-17-7-9-18(10-8-17)24(2)3/h5-12,20H,4,13-15H2,1-3H3,(H,23,26). The van der Waals surface area contributed by atoms with Gasteiger partial charge in [0.15, 0.2) is 0 Å². The van der Waals surface area contributed by atoms with E-state index in [0.29, 0.717) is 19.5 Å². The molecule has 5 nitrogen and oxygen atoms in total. The van der Waals surface area contributed by atoms with E-state index in [1.54, 1.807) is 4.90 Å². The maximum absolute atomic E-state index is 12.7. The predicted octanol–water partition coefficient (Wildman–Crippen LogP) is 2.98. The van der Waals surface area contributed by atoms with Gasteiger partial charge in [-0.3, -0.25) is 9.59 Å². The molecule has 5 heteroatoms. The maximum atomic E-state index is 12.7. The Hall–Kier alpha value is -2.82. The Kier molecular flexibility index (Phi) is 5.79. The topological polar surface area (TPSA) is 52.7 Å². The fourth-order valence-corrected chi connectivity index (χ4v) is 3.32. The minimum absolute atomic E-state index is 0.111. The second-order valence-electron chi connectivity index (χ2n) is 7.13. The summed E-state index contributed by atoms with van der Waals surface area (Å²) < 4.78 is 0. The van der Waals surface area contributed by atoms with Crippen molar-refractivity contribution in [3.05, 3.63) is 59.7 Å². The molecule has 3 rings (SSSR count). The first kappa shape index (κ1) is 19.0. The summed E-state index contributed by atoms with van der Waals surface area (Å²) in [6, 6.07) is 16.0. The van der Waals surface area contributed by atoms with E-state index in [0.717, 1.165) is 23.4 Å². The summed E-state index contributed by atoms with van der Waals surface area (Å²) in [5, 5.41) is 2.91. The van der Waals surface area contributed by atoms with Crippen LogP contribution < -0.4 is 15.1 Å². The molecule has 0 radical (unpaired) electrons. The van der Waals surface area contributed by atoms with E-state index in [2.05, 4.69) is 12.2 Å². The number of nitrogens with zero attached hydrogens (tertiary/aromatic N) is 2. The van der Waals surface area contributed by atoms with E-state index >= 15 is 0 Å². The third-order valence-corrected chi connectivity index (χ3v) is 5.10. The van der Waals surface area contributed by atoms with Gasteiger partial charge in [-0.05, 0) is 48.2 Å². The van der Waals surface area contributed by atoms with E-state index in [4.69, 9.17) is 0 Å². The molecule has 1 heterocycles. The molecule has 27 heavy (non-hydrogen) atoms. The van der Waals surface area contributed by atoms with Crippen LogP contribution in [0.1, 0.15) is 24.5 Å². The van der Waals surface area contributed by atoms with Crippen LogP contribution in [-0.4, -0.2) is 32.5 Å². The fraction of sp³-hybridized carbons (Fsp3) is 0.364. The van der Waals surface area contributed by atoms with Crippen molar-refractivity contribution in [2.24, 2.45) is 5.92 Å². The minimum atomic E-state index is -0.600. The van der Waals surface area contributed by atoms with Crippen LogP contribution in [0.4, 0.5) is 11.4 Å². The summed E-state index contributed by atoms with van der Waals surface area (Å²) in [6.07, 6.45) is 1.52. The first-order chi connectivity index (χ1) is 13.0. The molecule has 2 amide bonds. The van der Waals surface area contributed by atoms with Crippen molar-refractivity contribution in [2.45, 2.75) is 26.3 Å². The molecule has 2 aromatic carbocycles. The molecule has 1 fully saturated rings. The molecular formula is C22H27N3O2. The van der Waals surface area contributed by atoms with Gasteiger partial charge >= 0.3 is 0 Å². The van der Waals surface area contributed by atoms with Crippen molar-refractivity contribution in [2.75, 3.05) is 30.4 Å². The summed E-state index contributed by atoms with van der Waals surface area (Å²) in [5.74, 6) is -0.902. The number of hydrogen-bond acceptors (Lipinski definition) is 3. The highest BCUT2D eigenvalue weighted by molar-refractivity contribution is 6.09. The van der Waals surface area contributed by atoms with Crippen LogP contribution >= 0.6 is 0 Å². The molecule has 0 bridgehead atoms. The average molecular weight is 365 g/mol. The SMILES string of the molecule is CCc1ccc(N2CCC(C(=O)NCc3ccc(N(C)C)cc3)C2=O)cc1. The largest absolute Gasteiger partial charge is 0.378 e. The number of hydrogen-bond donors (Lipinski definition) is 1. The predicted molar refractivity (Wildman–Crippen MR) is 109 cm³/mol. The van der Waals surface area contributed by atoms with Crippen molar-refractivity contribution >= 4 is 23.2 Å². The molecule has 1 aliphatic rings. The highest BCUT2D eigenvalue weighted by Crippen LogP contribution is 2.26. The lowest BCUT2D eigenvalue weighted by molar-refractivity contribution is -0.132. The number of benzene rings is 2. The second kappa shape index (κ2) is 8.25. The zero-order chi connectivity index (χ0) is 19.4. The molecule has 0 saturated carbocycles. The summed E-state index contributed by atoms with van der Waals surface area (Å²) in [5.41, 5.74) is 4.24. The molecule has 1 aliphatic heterocycles. The number of carbonyl (C=O) groups is 2. The van der Waals surface area contributed by atoms with E-state index < -0.39 is 5.92 Å². The van der Waals surface area contributed by atoms with Gasteiger partial charge in [0.2, 0.25) is 11.8 Å². The van der Waals surface area contributed by atoms with Crippen LogP contribution in [0.2, 0.25) is 0 Å². The van der Waals surface area contributed by atoms with Crippen molar-refractivity contribution in [1.82, 2.24) is 5.32 Å². The summed E-state index contributed by atoms with van der Waals surface area (Å²) in [4.78, 5) is 29.0. The van der Waals surface area contributed by atoms with Crippen LogP contribution in [0, 0.1) is 5.92 Å². The van der Waals surface area contributed by atoms with E-state index in [9.17, 15) is 9.59 Å². The summed E-state index contributed by atoms with van der Waals surface area (Å²) >= 11 is 0. The quantitative estimate of drug-likeness (QED) is 0.801. The third kappa shape index (κ3) is 4.30. The highest BCUT2D eigenvalue weighted by Gasteiger charge is 2.37. The van der Waals surface area contributed by atoms with Crippen molar-refractivity contribution in [3.8, 4) is 0 Å². The number of aryl methyl sites for hydroxylation is 1. The van der Waals surface area contributed by atoms with Crippen LogP contribution in [0.5, 0.6) is 0 Å². The molecule has 0 spiro atoms. The van der Waals surface area contributed by atoms with E-state index in [1.807, 2.05) is 67.5 Å². The van der Waals surface area contributed by atoms with Crippen LogP contribution in [0.15, 0.2) is 48.5 Å². The Morgan fingerprint density at radius 3 is 2.30 bits per heavy atom. The molecule has 1 unspecified atom stereocenters. The van der Waals surface area contributed by atoms with Gasteiger partial charge in [-0.1, -0.05) is 31.2 Å². The first-order valence-corrected chi connectivity index (χ1v) is 9.44. The summed E-state index contributed by atoms with van der Waals surface area (Å²) in [7, 11) is 3.98. The monoisotopic (exact) mass is 365 g/mol. The van der Waals surface area contributed by atoms with Crippen LogP contribution in [-0.2, 0) is 22.6 Å². The second-order valence-corrected chi connectivity index (χ2v) is 7.13. The molecular weight excluding hydrogens is 338 g/mol. The van der Waals surface area contributed by atoms with Gasteiger partial charge in [-0.2, -0.15) is 0 Å². The van der Waals surface area contributed by atoms with Crippen molar-refractivity contribution in [3.63, 3.8) is 0 Å². The zero-order valence-electron chi connectivity index (χ0n) is 16.2. The highest BCUT2D eigenvalue weighted by atomic mass is 16.2. The van der Waals surface area contributed by atoms with Crippen LogP contribution in [0.25, 0.3) is 0 Å². The number of nitrogens with one attached hydrogen (secondary N) is 1. The van der Waals surface area contributed by atoms with Gasteiger partial charge < -0.3 is 15.1 Å². The van der Waals surface area contributed by atoms with E-state index in [1.165, 1.54) is 5.56 Å². The number of rotatable bonds is 6. The fourth-order valence-electron chi connectivity index (χ4n) is 3.32. The Balaban J connectivity index is 1.58. The number of amides is 2. The third-order valence-electron chi connectivity index (χ3n) is 5.10. The molecule has 1 saturated heterocycles. The molecule has 1 atom stereocenters. The molecule has 2 aromatic rings. The van der Waals surface area contributed by atoms with Gasteiger partial charge in [0.25, 0.3) is 0 Å². The van der Waals surface area contributed by atoms with Gasteiger partial charge in [-0.25, -0.2) is 0 Å². The maximum Gasteiger partial charge on any atom is 0.239 e.